The first-order valence-electron chi connectivity index (χ1n) is 8.71. The highest BCUT2D eigenvalue weighted by Crippen LogP contribution is 2.37. The summed E-state index contributed by atoms with van der Waals surface area (Å²) in [4.78, 5) is 83.6. The van der Waals surface area contributed by atoms with Crippen molar-refractivity contribution in [1.29, 1.82) is 0 Å². The first-order valence-corrected chi connectivity index (χ1v) is 19.9. The molecule has 0 radical (unpaired) electrons. The molecule has 43 heavy (non-hydrogen) atoms. The van der Waals surface area contributed by atoms with E-state index >= 15 is 0 Å². The van der Waals surface area contributed by atoms with E-state index in [0.29, 0.717) is 0 Å². The molecule has 256 valence electrons. The van der Waals surface area contributed by atoms with Crippen molar-refractivity contribution in [1.82, 2.24) is 0 Å². The lowest BCUT2D eigenvalue weighted by molar-refractivity contribution is -0.597. The molecule has 0 heterocycles. The van der Waals surface area contributed by atoms with E-state index in [2.05, 4.69) is 60.7 Å². The van der Waals surface area contributed by atoms with Crippen molar-refractivity contribution in [3.8, 4) is 0 Å². The summed E-state index contributed by atoms with van der Waals surface area (Å²) in [5, 5.41) is 0. The van der Waals surface area contributed by atoms with Gasteiger partial charge in [-0.3, -0.25) is 58.7 Å². The first-order chi connectivity index (χ1) is 18.4. The van der Waals surface area contributed by atoms with Gasteiger partial charge in [-0.25, -0.2) is 27.4 Å². The van der Waals surface area contributed by atoms with Gasteiger partial charge in [0.05, 0.1) is 0 Å². The number of hydrogen-bond acceptors (Lipinski definition) is 6. The first kappa shape index (κ1) is 52.2. The SMILES string of the molecule is O=P(O)(O)F.O=P(O)(O)F.O=P(O)(O)F.O=P(O)(O)F.O=P(O)(O)F.O=P(O)(O)F.c1ccc([I+]c2ccccc2)cc1. The van der Waals surface area contributed by atoms with E-state index in [0.717, 1.165) is 0 Å². The van der Waals surface area contributed by atoms with E-state index in [1.807, 2.05) is 0 Å². The normalized spacial score (nSPS) is 11.2. The van der Waals surface area contributed by atoms with Crippen LogP contribution in [0.2, 0.25) is 0 Å². The van der Waals surface area contributed by atoms with Gasteiger partial charge in [-0.1, -0.05) is 36.4 Å². The minimum Gasteiger partial charge on any atom is -0.299 e. The summed E-state index contributed by atoms with van der Waals surface area (Å²) in [6.07, 6.45) is 0. The predicted octanol–water partition coefficient (Wildman–Crippen LogP) is 0.107. The molecule has 0 atom stereocenters. The van der Waals surface area contributed by atoms with Gasteiger partial charge in [0.15, 0.2) is 7.14 Å². The second-order valence-corrected chi connectivity index (χ2v) is 14.2. The van der Waals surface area contributed by atoms with Crippen molar-refractivity contribution in [2.45, 2.75) is 0 Å². The number of benzene rings is 2. The fraction of sp³-hybridized carbons (Fsp3) is 0. The van der Waals surface area contributed by atoms with Crippen LogP contribution in [0.5, 0.6) is 0 Å². The molecule has 0 aliphatic carbocycles. The molecule has 31 heteroatoms. The molecule has 2 aromatic rings. The third-order valence-electron chi connectivity index (χ3n) is 1.68. The molecule has 12 N–H and O–H groups in total. The van der Waals surface area contributed by atoms with Gasteiger partial charge in [0.25, 0.3) is 0 Å². The summed E-state index contributed by atoms with van der Waals surface area (Å²) >= 11 is 0.0287. The van der Waals surface area contributed by atoms with Crippen molar-refractivity contribution in [3.63, 3.8) is 0 Å². The van der Waals surface area contributed by atoms with Crippen LogP contribution in [0, 0.1) is 7.14 Å². The third kappa shape index (κ3) is 170. The van der Waals surface area contributed by atoms with Crippen molar-refractivity contribution in [3.05, 3.63) is 67.8 Å². The molecule has 0 unspecified atom stereocenters. The maximum Gasteiger partial charge on any atom is 0.507 e. The average molecular weight is 881 g/mol. The van der Waals surface area contributed by atoms with E-state index < -0.39 is 47.4 Å². The van der Waals surface area contributed by atoms with Crippen LogP contribution in [0.25, 0.3) is 0 Å². The largest absolute Gasteiger partial charge is 0.507 e. The lowest BCUT2D eigenvalue weighted by atomic mass is 10.4. The highest BCUT2D eigenvalue weighted by Gasteiger charge is 2.13. The third-order valence-corrected chi connectivity index (χ3v) is 4.37. The zero-order valence-electron chi connectivity index (χ0n) is 19.9. The number of halogens is 7. The summed E-state index contributed by atoms with van der Waals surface area (Å²) in [5.41, 5.74) is 0. The standard InChI is InChI=1S/C12H10I.6FH2O3P/c1-3-7-11(8-4-1)13-12-9-5-2-6-10-12;6*1-5(2,3)4/h1-10H;6*(H2,2,3,4)/q+1;;;;;;. The van der Waals surface area contributed by atoms with E-state index in [1.54, 1.807) is 0 Å². The molecule has 0 aromatic heterocycles. The Labute approximate surface area is 247 Å². The Balaban J connectivity index is -0.000000139. The molecule has 0 saturated heterocycles. The molecule has 0 aliphatic heterocycles. The Morgan fingerprint density at radius 2 is 0.465 bits per heavy atom. The van der Waals surface area contributed by atoms with Gasteiger partial charge in [-0.15, -0.1) is 25.2 Å². The number of rotatable bonds is 2. The molecule has 0 amide bonds. The van der Waals surface area contributed by atoms with Gasteiger partial charge in [0.1, 0.15) is 0 Å². The molecule has 0 bridgehead atoms. The molecule has 0 fully saturated rings. The van der Waals surface area contributed by atoms with Gasteiger partial charge in [-0.05, 0) is 24.3 Å². The molecular weight excluding hydrogens is 859 g/mol. The Kier molecular flexibility index (Phi) is 30.1. The fourth-order valence-corrected chi connectivity index (χ4v) is 3.35. The second kappa shape index (κ2) is 24.8. The molecule has 2 aromatic carbocycles. The van der Waals surface area contributed by atoms with Gasteiger partial charge in [0, 0.05) is 0 Å². The lowest BCUT2D eigenvalue weighted by Gasteiger charge is -1.84. The van der Waals surface area contributed by atoms with Crippen molar-refractivity contribution in [2.75, 3.05) is 0 Å². The van der Waals surface area contributed by atoms with Gasteiger partial charge < -0.3 is 0 Å². The fourth-order valence-electron chi connectivity index (χ4n) is 1.08. The minimum atomic E-state index is -5.14. The van der Waals surface area contributed by atoms with Crippen LogP contribution in [0.15, 0.2) is 60.7 Å². The zero-order chi connectivity index (χ0) is 35.9. The van der Waals surface area contributed by atoms with Crippen LogP contribution in [0.1, 0.15) is 0 Å². The van der Waals surface area contributed by atoms with Crippen molar-refractivity contribution >= 4 is 47.4 Å². The predicted molar refractivity (Wildman–Crippen MR) is 129 cm³/mol. The van der Waals surface area contributed by atoms with Crippen LogP contribution < -0.4 is 21.2 Å². The molecule has 0 saturated carbocycles. The molecule has 0 spiro atoms. The molecular formula is C12H22F6IO18P6+. The van der Waals surface area contributed by atoms with E-state index in [9.17, 15) is 25.2 Å². The van der Waals surface area contributed by atoms with Crippen LogP contribution in [0.4, 0.5) is 25.2 Å². The molecule has 2 rings (SSSR count). The summed E-state index contributed by atoms with van der Waals surface area (Å²) in [7, 11) is -30.8. The lowest BCUT2D eigenvalue weighted by Crippen LogP contribution is -3.61. The number of hydrogen-bond donors (Lipinski definition) is 12. The Hall–Kier alpha value is -0.350. The van der Waals surface area contributed by atoms with Gasteiger partial charge in [0.2, 0.25) is 0 Å². The monoisotopic (exact) mass is 881 g/mol. The van der Waals surface area contributed by atoms with Crippen LogP contribution >= 0.6 is 47.4 Å². The van der Waals surface area contributed by atoms with Gasteiger partial charge >= 0.3 is 68.6 Å². The maximum atomic E-state index is 10.4. The van der Waals surface area contributed by atoms with E-state index in [1.165, 1.54) is 7.14 Å². The summed E-state index contributed by atoms with van der Waals surface area (Å²) < 4.78 is 117. The summed E-state index contributed by atoms with van der Waals surface area (Å²) in [5.74, 6) is 0. The molecule has 18 nitrogen and oxygen atoms in total. The van der Waals surface area contributed by atoms with E-state index in [4.69, 9.17) is 86.1 Å². The summed E-state index contributed by atoms with van der Waals surface area (Å²) in [6, 6.07) is 21.4. The Morgan fingerprint density at radius 3 is 0.581 bits per heavy atom. The van der Waals surface area contributed by atoms with Crippen molar-refractivity contribution in [2.24, 2.45) is 0 Å². The van der Waals surface area contributed by atoms with E-state index in [-0.39, 0.29) is 21.2 Å². The quantitative estimate of drug-likeness (QED) is 0.108. The smallest absolute Gasteiger partial charge is 0.299 e. The highest BCUT2D eigenvalue weighted by atomic mass is 127. The van der Waals surface area contributed by atoms with Crippen LogP contribution in [0.3, 0.4) is 0 Å². The minimum absolute atomic E-state index is 0.0287. The van der Waals surface area contributed by atoms with Crippen LogP contribution in [-0.2, 0) is 27.4 Å². The highest BCUT2D eigenvalue weighted by molar-refractivity contribution is 7.46. The topological polar surface area (TPSA) is 345 Å². The van der Waals surface area contributed by atoms with Crippen LogP contribution in [-0.4, -0.2) is 58.7 Å². The van der Waals surface area contributed by atoms with Gasteiger partial charge in [-0.2, -0.15) is 0 Å². The van der Waals surface area contributed by atoms with Crippen molar-refractivity contribution < 1.29 is 132 Å². The Bertz CT molecular complexity index is 1020. The zero-order valence-corrected chi connectivity index (χ0v) is 27.4. The summed E-state index contributed by atoms with van der Waals surface area (Å²) in [6.45, 7) is 0. The average Bonchev–Trinajstić information content (AvgIpc) is 2.61. The maximum absolute atomic E-state index is 10.4. The Morgan fingerprint density at radius 1 is 0.349 bits per heavy atom. The second-order valence-electron chi connectivity index (χ2n) is 5.52. The molecule has 0 aliphatic rings.